The van der Waals surface area contributed by atoms with Gasteiger partial charge in [0.25, 0.3) is 11.8 Å². The first-order chi connectivity index (χ1) is 11.8. The Balaban J connectivity index is 1.58. The molecule has 0 unspecified atom stereocenters. The number of hydrogen-bond acceptors (Lipinski definition) is 8. The summed E-state index contributed by atoms with van der Waals surface area (Å²) < 4.78 is 11.2. The minimum atomic E-state index is -0.132. The molecule has 8 heteroatoms. The number of rotatable bonds is 6. The maximum atomic E-state index is 9.56. The van der Waals surface area contributed by atoms with E-state index in [1.54, 1.807) is 24.5 Å². The van der Waals surface area contributed by atoms with Gasteiger partial charge in [0.15, 0.2) is 11.6 Å². The number of nitrogens with zero attached hydrogens (tertiary/aromatic N) is 4. The number of anilines is 1. The number of nitrogens with one attached hydrogen (secondary N) is 1. The molecule has 1 saturated heterocycles. The molecule has 3 heterocycles. The van der Waals surface area contributed by atoms with Crippen LogP contribution in [0, 0.1) is 0 Å². The Bertz CT molecular complexity index is 670. The molecule has 0 amide bonds. The van der Waals surface area contributed by atoms with E-state index in [4.69, 9.17) is 9.47 Å². The van der Waals surface area contributed by atoms with Crippen molar-refractivity contribution in [1.82, 2.24) is 20.3 Å². The third-order valence-electron chi connectivity index (χ3n) is 3.75. The maximum Gasteiger partial charge on any atom is 0.257 e. The van der Waals surface area contributed by atoms with Crippen molar-refractivity contribution in [3.05, 3.63) is 30.7 Å². The van der Waals surface area contributed by atoms with Gasteiger partial charge >= 0.3 is 0 Å². The van der Waals surface area contributed by atoms with Crippen molar-refractivity contribution in [3.63, 3.8) is 0 Å². The number of hydrogen-bond donors (Lipinski definition) is 2. The second-order valence-corrected chi connectivity index (χ2v) is 5.45. The molecule has 1 aliphatic heterocycles. The first-order valence-corrected chi connectivity index (χ1v) is 7.93. The van der Waals surface area contributed by atoms with E-state index in [2.05, 4.69) is 32.1 Å². The molecular formula is C16H21N5O3. The molecule has 8 nitrogen and oxygen atoms in total. The lowest BCUT2D eigenvalue weighted by molar-refractivity contribution is 0.205. The van der Waals surface area contributed by atoms with Gasteiger partial charge in [-0.15, -0.1) is 0 Å². The largest absolute Gasteiger partial charge is 0.491 e. The molecule has 2 N–H and O–H groups in total. The summed E-state index contributed by atoms with van der Waals surface area (Å²) in [6, 6.07) is 3.67. The molecule has 1 atom stereocenters. The summed E-state index contributed by atoms with van der Waals surface area (Å²) in [7, 11) is 0. The van der Waals surface area contributed by atoms with Crippen molar-refractivity contribution in [2.24, 2.45) is 0 Å². The van der Waals surface area contributed by atoms with Crippen molar-refractivity contribution >= 4 is 5.82 Å². The molecule has 0 aliphatic carbocycles. The highest BCUT2D eigenvalue weighted by molar-refractivity contribution is 5.49. The fraction of sp³-hybridized carbons (Fsp3) is 0.438. The summed E-state index contributed by atoms with van der Waals surface area (Å²) in [5.41, 5.74) is 0. The number of aromatic hydroxyl groups is 1. The molecule has 128 valence electrons. The van der Waals surface area contributed by atoms with Crippen molar-refractivity contribution in [1.29, 1.82) is 0 Å². The van der Waals surface area contributed by atoms with Crippen LogP contribution >= 0.6 is 0 Å². The minimum absolute atomic E-state index is 0.132. The van der Waals surface area contributed by atoms with Crippen molar-refractivity contribution in [3.8, 4) is 17.5 Å². The van der Waals surface area contributed by atoms with Crippen molar-refractivity contribution < 1.29 is 14.6 Å². The van der Waals surface area contributed by atoms with Crippen LogP contribution in [-0.4, -0.2) is 58.9 Å². The van der Waals surface area contributed by atoms with Gasteiger partial charge in [-0.05, 0) is 19.1 Å². The average molecular weight is 331 g/mol. The maximum absolute atomic E-state index is 9.56. The quantitative estimate of drug-likeness (QED) is 0.752. The summed E-state index contributed by atoms with van der Waals surface area (Å²) >= 11 is 0. The van der Waals surface area contributed by atoms with E-state index in [0.717, 1.165) is 25.5 Å². The predicted molar refractivity (Wildman–Crippen MR) is 88.6 cm³/mol. The number of pyridine rings is 1. The van der Waals surface area contributed by atoms with E-state index in [0.29, 0.717) is 24.3 Å². The van der Waals surface area contributed by atoms with Gasteiger partial charge in [-0.25, -0.2) is 15.0 Å². The van der Waals surface area contributed by atoms with Gasteiger partial charge in [-0.3, -0.25) is 0 Å². The van der Waals surface area contributed by atoms with Gasteiger partial charge in [0.05, 0.1) is 0 Å². The van der Waals surface area contributed by atoms with Crippen LogP contribution in [0.2, 0.25) is 0 Å². The molecule has 0 saturated carbocycles. The molecule has 0 aromatic carbocycles. The SMILES string of the molecule is C[C@@H]1CNCCN1c1nccnc1OCCOc1cccnc1O. The van der Waals surface area contributed by atoms with Gasteiger partial charge < -0.3 is 24.8 Å². The number of ether oxygens (including phenoxy) is 2. The molecule has 1 aliphatic rings. The highest BCUT2D eigenvalue weighted by atomic mass is 16.5. The van der Waals surface area contributed by atoms with E-state index in [1.807, 2.05) is 0 Å². The third-order valence-corrected chi connectivity index (χ3v) is 3.75. The minimum Gasteiger partial charge on any atom is -0.491 e. The summed E-state index contributed by atoms with van der Waals surface area (Å²) in [6.07, 6.45) is 4.78. The van der Waals surface area contributed by atoms with Crippen LogP contribution in [0.3, 0.4) is 0 Å². The first kappa shape index (κ1) is 16.3. The lowest BCUT2D eigenvalue weighted by Gasteiger charge is -2.35. The summed E-state index contributed by atoms with van der Waals surface area (Å²) in [5.74, 6) is 1.43. The Morgan fingerprint density at radius 2 is 2.04 bits per heavy atom. The Hall–Kier alpha value is -2.61. The van der Waals surface area contributed by atoms with E-state index in [1.165, 1.54) is 6.20 Å². The monoisotopic (exact) mass is 331 g/mol. The summed E-state index contributed by atoms with van der Waals surface area (Å²) in [4.78, 5) is 14.7. The van der Waals surface area contributed by atoms with Crippen LogP contribution in [0.25, 0.3) is 0 Å². The number of piperazine rings is 1. The third kappa shape index (κ3) is 3.83. The van der Waals surface area contributed by atoms with Crippen LogP contribution in [0.1, 0.15) is 6.92 Å². The molecule has 1 fully saturated rings. The molecule has 0 spiro atoms. The second-order valence-electron chi connectivity index (χ2n) is 5.45. The first-order valence-electron chi connectivity index (χ1n) is 7.93. The van der Waals surface area contributed by atoms with Gasteiger partial charge in [-0.2, -0.15) is 0 Å². The lowest BCUT2D eigenvalue weighted by Crippen LogP contribution is -2.50. The highest BCUT2D eigenvalue weighted by Crippen LogP contribution is 2.25. The lowest BCUT2D eigenvalue weighted by atomic mass is 10.2. The Morgan fingerprint density at radius 1 is 1.21 bits per heavy atom. The smallest absolute Gasteiger partial charge is 0.257 e. The Morgan fingerprint density at radius 3 is 2.88 bits per heavy atom. The van der Waals surface area contributed by atoms with Gasteiger partial charge in [0.1, 0.15) is 13.2 Å². The fourth-order valence-electron chi connectivity index (χ4n) is 2.56. The number of aromatic nitrogens is 3. The van der Waals surface area contributed by atoms with Gasteiger partial charge in [0, 0.05) is 44.3 Å². The van der Waals surface area contributed by atoms with Crippen LogP contribution < -0.4 is 19.7 Å². The van der Waals surface area contributed by atoms with Gasteiger partial charge in [0.2, 0.25) is 0 Å². The molecular weight excluding hydrogens is 310 g/mol. The molecule has 2 aromatic rings. The highest BCUT2D eigenvalue weighted by Gasteiger charge is 2.23. The van der Waals surface area contributed by atoms with Gasteiger partial charge in [-0.1, -0.05) is 0 Å². The topological polar surface area (TPSA) is 92.6 Å². The Kier molecular flexibility index (Phi) is 5.27. The van der Waals surface area contributed by atoms with Crippen LogP contribution in [-0.2, 0) is 0 Å². The van der Waals surface area contributed by atoms with E-state index in [-0.39, 0.29) is 12.5 Å². The zero-order valence-corrected chi connectivity index (χ0v) is 13.6. The molecule has 24 heavy (non-hydrogen) atoms. The zero-order chi connectivity index (χ0) is 16.8. The van der Waals surface area contributed by atoms with Crippen LogP contribution in [0.4, 0.5) is 5.82 Å². The molecule has 0 bridgehead atoms. The molecule has 0 radical (unpaired) electrons. The predicted octanol–water partition coefficient (Wildman–Crippen LogP) is 0.833. The van der Waals surface area contributed by atoms with Crippen molar-refractivity contribution in [2.75, 3.05) is 37.7 Å². The van der Waals surface area contributed by atoms with E-state index < -0.39 is 0 Å². The zero-order valence-electron chi connectivity index (χ0n) is 13.6. The van der Waals surface area contributed by atoms with Crippen molar-refractivity contribution in [2.45, 2.75) is 13.0 Å². The second kappa shape index (κ2) is 7.78. The molecule has 3 rings (SSSR count). The standard InChI is InChI=1S/C16H21N5O3/c1-12-11-17-7-8-21(12)14-16(20-6-5-18-14)24-10-9-23-13-3-2-4-19-15(13)22/h2-6,12,17H,7-11H2,1H3,(H,19,22)/t12-/m1/s1. The van der Waals surface area contributed by atoms with E-state index in [9.17, 15) is 5.11 Å². The van der Waals surface area contributed by atoms with E-state index >= 15 is 0 Å². The van der Waals surface area contributed by atoms with Crippen LogP contribution in [0.5, 0.6) is 17.5 Å². The van der Waals surface area contributed by atoms with Crippen LogP contribution in [0.15, 0.2) is 30.7 Å². The summed E-state index contributed by atoms with van der Waals surface area (Å²) in [6.45, 7) is 5.37. The Labute approximate surface area is 140 Å². The summed E-state index contributed by atoms with van der Waals surface area (Å²) in [5, 5.41) is 12.9. The molecule has 2 aromatic heterocycles. The average Bonchev–Trinajstić information content (AvgIpc) is 2.61. The normalized spacial score (nSPS) is 17.5. The fourth-order valence-corrected chi connectivity index (χ4v) is 2.56.